The van der Waals surface area contributed by atoms with Crippen LogP contribution in [0.3, 0.4) is 0 Å². The Kier molecular flexibility index (Phi) is 2.29. The van der Waals surface area contributed by atoms with Crippen LogP contribution in [0.5, 0.6) is 0 Å². The number of alkyl halides is 1. The van der Waals surface area contributed by atoms with Gasteiger partial charge in [0, 0.05) is 0 Å². The Bertz CT molecular complexity index is 433. The molecule has 74 valence electrons. The van der Waals surface area contributed by atoms with Crippen molar-refractivity contribution < 1.29 is 8.94 Å². The van der Waals surface area contributed by atoms with Gasteiger partial charge >= 0.3 is 0 Å². The molecule has 5 heteroatoms. The maximum absolute atomic E-state index is 5.80. The lowest BCUT2D eigenvalue weighted by Gasteiger charge is -1.90. The second kappa shape index (κ2) is 3.46. The van der Waals surface area contributed by atoms with Crippen molar-refractivity contribution in [2.45, 2.75) is 19.2 Å². The predicted molar refractivity (Wildman–Crippen MR) is 51.0 cm³/mol. The van der Waals surface area contributed by atoms with Gasteiger partial charge in [-0.2, -0.15) is 4.98 Å². The summed E-state index contributed by atoms with van der Waals surface area (Å²) < 4.78 is 10.1. The van der Waals surface area contributed by atoms with Crippen molar-refractivity contribution in [3.8, 4) is 11.4 Å². The fraction of sp³-hybridized carbons (Fsp3) is 0.333. The Hall–Kier alpha value is -1.29. The molecule has 0 amide bonds. The summed E-state index contributed by atoms with van der Waals surface area (Å²) in [5, 5.41) is 3.54. The van der Waals surface area contributed by atoms with Crippen molar-refractivity contribution in [3.05, 3.63) is 24.0 Å². The molecule has 0 saturated carbocycles. The molecule has 0 saturated heterocycles. The highest BCUT2D eigenvalue weighted by Crippen LogP contribution is 2.24. The normalized spacial score (nSPS) is 13.1. The molecule has 0 bridgehead atoms. The SMILES string of the molecule is Cc1occc1-c1noc(C(C)Cl)n1. The Morgan fingerprint density at radius 2 is 2.29 bits per heavy atom. The predicted octanol–water partition coefficient (Wildman–Crippen LogP) is 2.94. The minimum Gasteiger partial charge on any atom is -0.469 e. The van der Waals surface area contributed by atoms with Gasteiger partial charge in [0.15, 0.2) is 0 Å². The molecule has 2 aromatic heterocycles. The van der Waals surface area contributed by atoms with Gasteiger partial charge in [-0.3, -0.25) is 0 Å². The van der Waals surface area contributed by atoms with Gasteiger partial charge in [0.25, 0.3) is 0 Å². The van der Waals surface area contributed by atoms with E-state index in [1.807, 2.05) is 6.92 Å². The number of hydrogen-bond acceptors (Lipinski definition) is 4. The zero-order valence-electron chi connectivity index (χ0n) is 7.82. The van der Waals surface area contributed by atoms with Crippen LogP contribution in [0.2, 0.25) is 0 Å². The summed E-state index contributed by atoms with van der Waals surface area (Å²) in [5.74, 6) is 1.69. The molecule has 0 fully saturated rings. The van der Waals surface area contributed by atoms with Crippen LogP contribution in [0.15, 0.2) is 21.3 Å². The molecule has 14 heavy (non-hydrogen) atoms. The Balaban J connectivity index is 2.39. The first-order valence-electron chi connectivity index (χ1n) is 4.20. The van der Waals surface area contributed by atoms with Crippen LogP contribution in [0, 0.1) is 6.92 Å². The Morgan fingerprint density at radius 1 is 1.50 bits per heavy atom. The molecule has 2 heterocycles. The number of aryl methyl sites for hydroxylation is 1. The molecule has 0 aliphatic rings. The van der Waals surface area contributed by atoms with E-state index in [0.29, 0.717) is 11.7 Å². The van der Waals surface area contributed by atoms with Crippen LogP contribution in [-0.2, 0) is 0 Å². The zero-order chi connectivity index (χ0) is 10.1. The van der Waals surface area contributed by atoms with Crippen LogP contribution in [0.25, 0.3) is 11.4 Å². The quantitative estimate of drug-likeness (QED) is 0.719. The van der Waals surface area contributed by atoms with E-state index in [1.165, 1.54) is 0 Å². The number of furan rings is 1. The van der Waals surface area contributed by atoms with Crippen molar-refractivity contribution in [2.24, 2.45) is 0 Å². The molecular weight excluding hydrogens is 204 g/mol. The van der Waals surface area contributed by atoms with Crippen molar-refractivity contribution >= 4 is 11.6 Å². The van der Waals surface area contributed by atoms with E-state index in [9.17, 15) is 0 Å². The first-order valence-corrected chi connectivity index (χ1v) is 4.64. The smallest absolute Gasteiger partial charge is 0.244 e. The van der Waals surface area contributed by atoms with E-state index in [-0.39, 0.29) is 5.38 Å². The van der Waals surface area contributed by atoms with E-state index < -0.39 is 0 Å². The van der Waals surface area contributed by atoms with Crippen LogP contribution in [0.4, 0.5) is 0 Å². The van der Waals surface area contributed by atoms with E-state index >= 15 is 0 Å². The van der Waals surface area contributed by atoms with E-state index in [2.05, 4.69) is 10.1 Å². The third-order valence-corrected chi connectivity index (χ3v) is 2.07. The minimum absolute atomic E-state index is 0.275. The topological polar surface area (TPSA) is 52.1 Å². The number of hydrogen-bond donors (Lipinski definition) is 0. The van der Waals surface area contributed by atoms with Crippen molar-refractivity contribution in [3.63, 3.8) is 0 Å². The summed E-state index contributed by atoms with van der Waals surface area (Å²) >= 11 is 5.80. The van der Waals surface area contributed by atoms with Gasteiger partial charge in [0.1, 0.15) is 11.1 Å². The average Bonchev–Trinajstić information content (AvgIpc) is 2.71. The monoisotopic (exact) mass is 212 g/mol. The van der Waals surface area contributed by atoms with Crippen LogP contribution < -0.4 is 0 Å². The average molecular weight is 213 g/mol. The number of halogens is 1. The highest BCUT2D eigenvalue weighted by atomic mass is 35.5. The van der Waals surface area contributed by atoms with Gasteiger partial charge in [-0.1, -0.05) is 5.16 Å². The van der Waals surface area contributed by atoms with Crippen molar-refractivity contribution in [1.82, 2.24) is 10.1 Å². The van der Waals surface area contributed by atoms with E-state index in [4.69, 9.17) is 20.5 Å². The van der Waals surface area contributed by atoms with Crippen LogP contribution >= 0.6 is 11.6 Å². The molecule has 0 N–H and O–H groups in total. The Morgan fingerprint density at radius 3 is 2.79 bits per heavy atom. The first-order chi connectivity index (χ1) is 6.68. The molecular formula is C9H9ClN2O2. The fourth-order valence-electron chi connectivity index (χ4n) is 1.12. The summed E-state index contributed by atoms with van der Waals surface area (Å²) in [5.41, 5.74) is 0.831. The van der Waals surface area contributed by atoms with Crippen molar-refractivity contribution in [2.75, 3.05) is 0 Å². The van der Waals surface area contributed by atoms with Gasteiger partial charge in [0.2, 0.25) is 11.7 Å². The first kappa shape index (κ1) is 9.27. The standard InChI is InChI=1S/C9H9ClN2O2/c1-5(10)9-11-8(12-14-9)7-3-4-13-6(7)2/h3-5H,1-2H3. The maximum Gasteiger partial charge on any atom is 0.244 e. The second-order valence-corrected chi connectivity index (χ2v) is 3.62. The molecule has 2 aromatic rings. The van der Waals surface area contributed by atoms with Gasteiger partial charge in [0.05, 0.1) is 11.8 Å². The van der Waals surface area contributed by atoms with Crippen molar-refractivity contribution in [1.29, 1.82) is 0 Å². The molecule has 0 radical (unpaired) electrons. The number of aromatic nitrogens is 2. The third kappa shape index (κ3) is 1.53. The van der Waals surface area contributed by atoms with Gasteiger partial charge in [-0.05, 0) is 19.9 Å². The molecule has 4 nitrogen and oxygen atoms in total. The molecule has 0 aliphatic heterocycles. The Labute approximate surface area is 85.9 Å². The van der Waals surface area contributed by atoms with E-state index in [1.54, 1.807) is 19.3 Å². The molecule has 0 aliphatic carbocycles. The lowest BCUT2D eigenvalue weighted by Crippen LogP contribution is -1.84. The van der Waals surface area contributed by atoms with Gasteiger partial charge in [-0.25, -0.2) is 0 Å². The maximum atomic E-state index is 5.80. The van der Waals surface area contributed by atoms with Crippen LogP contribution in [-0.4, -0.2) is 10.1 Å². The summed E-state index contributed by atoms with van der Waals surface area (Å²) in [6.07, 6.45) is 1.59. The molecule has 2 rings (SSSR count). The third-order valence-electron chi connectivity index (χ3n) is 1.88. The molecule has 0 aromatic carbocycles. The second-order valence-electron chi connectivity index (χ2n) is 2.96. The lowest BCUT2D eigenvalue weighted by molar-refractivity contribution is 0.379. The van der Waals surface area contributed by atoms with E-state index in [0.717, 1.165) is 11.3 Å². The fourth-order valence-corrected chi connectivity index (χ4v) is 1.21. The highest BCUT2D eigenvalue weighted by Gasteiger charge is 2.15. The lowest BCUT2D eigenvalue weighted by atomic mass is 10.2. The summed E-state index contributed by atoms with van der Waals surface area (Å²) in [6.45, 7) is 3.62. The van der Waals surface area contributed by atoms with Gasteiger partial charge < -0.3 is 8.94 Å². The zero-order valence-corrected chi connectivity index (χ0v) is 8.58. The van der Waals surface area contributed by atoms with Crippen LogP contribution in [0.1, 0.15) is 24.0 Å². The molecule has 0 spiro atoms. The number of nitrogens with zero attached hydrogens (tertiary/aromatic N) is 2. The number of rotatable bonds is 2. The largest absolute Gasteiger partial charge is 0.469 e. The summed E-state index contributed by atoms with van der Waals surface area (Å²) in [6, 6.07) is 1.79. The minimum atomic E-state index is -0.275. The summed E-state index contributed by atoms with van der Waals surface area (Å²) in [7, 11) is 0. The van der Waals surface area contributed by atoms with Gasteiger partial charge in [-0.15, -0.1) is 11.6 Å². The highest BCUT2D eigenvalue weighted by molar-refractivity contribution is 6.20. The molecule has 1 atom stereocenters. The summed E-state index contributed by atoms with van der Waals surface area (Å²) in [4.78, 5) is 4.14. The molecule has 1 unspecified atom stereocenters.